The van der Waals surface area contributed by atoms with E-state index in [0.29, 0.717) is 18.1 Å². The summed E-state index contributed by atoms with van der Waals surface area (Å²) in [5.74, 6) is 0.723. The Morgan fingerprint density at radius 3 is 2.50 bits per heavy atom. The van der Waals surface area contributed by atoms with Gasteiger partial charge in [0.2, 0.25) is 11.1 Å². The SMILES string of the molecule is CCCN(CCC)C(=O)CCCSc1nnc2c3ccccc3n(Cc3ccc(F)cc3)c2n1. The number of para-hydroxylation sites is 1. The zero-order valence-electron chi connectivity index (χ0n) is 19.7. The van der Waals surface area contributed by atoms with Gasteiger partial charge in [-0.2, -0.15) is 0 Å². The molecule has 2 aromatic heterocycles. The van der Waals surface area contributed by atoms with Crippen molar-refractivity contribution in [1.82, 2.24) is 24.6 Å². The number of hydrogen-bond donors (Lipinski definition) is 0. The minimum absolute atomic E-state index is 0.221. The van der Waals surface area contributed by atoms with E-state index < -0.39 is 0 Å². The predicted molar refractivity (Wildman–Crippen MR) is 135 cm³/mol. The van der Waals surface area contributed by atoms with Crippen LogP contribution in [0.25, 0.3) is 22.1 Å². The molecular weight excluding hydrogens is 449 g/mol. The van der Waals surface area contributed by atoms with Crippen LogP contribution in [-0.4, -0.2) is 49.4 Å². The molecule has 0 unspecified atom stereocenters. The smallest absolute Gasteiger partial charge is 0.222 e. The molecule has 0 fully saturated rings. The molecule has 178 valence electrons. The van der Waals surface area contributed by atoms with Gasteiger partial charge in [-0.1, -0.05) is 55.9 Å². The van der Waals surface area contributed by atoms with Crippen molar-refractivity contribution in [2.75, 3.05) is 18.8 Å². The van der Waals surface area contributed by atoms with Gasteiger partial charge in [-0.3, -0.25) is 4.79 Å². The fourth-order valence-corrected chi connectivity index (χ4v) is 4.85. The summed E-state index contributed by atoms with van der Waals surface area (Å²) in [6.45, 7) is 6.40. The number of carbonyl (C=O) groups is 1. The number of benzene rings is 2. The number of carbonyl (C=O) groups excluding carboxylic acids is 1. The highest BCUT2D eigenvalue weighted by molar-refractivity contribution is 7.99. The largest absolute Gasteiger partial charge is 0.343 e. The summed E-state index contributed by atoms with van der Waals surface area (Å²) in [5.41, 5.74) is 3.52. The van der Waals surface area contributed by atoms with E-state index in [1.165, 1.54) is 23.9 Å². The van der Waals surface area contributed by atoms with E-state index in [9.17, 15) is 9.18 Å². The molecule has 0 N–H and O–H groups in total. The number of amides is 1. The average Bonchev–Trinajstić information content (AvgIpc) is 3.16. The van der Waals surface area contributed by atoms with Crippen LogP contribution in [0, 0.1) is 5.82 Å². The molecule has 0 saturated heterocycles. The maximum absolute atomic E-state index is 13.4. The van der Waals surface area contributed by atoms with Gasteiger partial charge in [-0.25, -0.2) is 9.37 Å². The lowest BCUT2D eigenvalue weighted by molar-refractivity contribution is -0.131. The van der Waals surface area contributed by atoms with Crippen LogP contribution < -0.4 is 0 Å². The molecule has 6 nitrogen and oxygen atoms in total. The number of aromatic nitrogens is 4. The Hall–Kier alpha value is -3.00. The molecule has 34 heavy (non-hydrogen) atoms. The number of rotatable bonds is 11. The number of halogens is 1. The second-order valence-corrected chi connectivity index (χ2v) is 9.39. The van der Waals surface area contributed by atoms with E-state index in [1.807, 2.05) is 29.2 Å². The molecule has 8 heteroatoms. The highest BCUT2D eigenvalue weighted by atomic mass is 32.2. The maximum Gasteiger partial charge on any atom is 0.222 e. The normalized spacial score (nSPS) is 11.4. The van der Waals surface area contributed by atoms with Gasteiger partial charge in [0.05, 0.1) is 5.52 Å². The van der Waals surface area contributed by atoms with Crippen LogP contribution in [0.4, 0.5) is 4.39 Å². The minimum atomic E-state index is -0.250. The minimum Gasteiger partial charge on any atom is -0.343 e. The average molecular weight is 480 g/mol. The number of fused-ring (bicyclic) bond motifs is 3. The van der Waals surface area contributed by atoms with Crippen LogP contribution in [-0.2, 0) is 11.3 Å². The Kier molecular flexibility index (Phi) is 8.11. The van der Waals surface area contributed by atoms with E-state index in [1.54, 1.807) is 12.1 Å². The van der Waals surface area contributed by atoms with Crippen molar-refractivity contribution >= 4 is 39.7 Å². The van der Waals surface area contributed by atoms with Gasteiger partial charge in [0.25, 0.3) is 0 Å². The lowest BCUT2D eigenvalue weighted by Gasteiger charge is -2.21. The third-order valence-electron chi connectivity index (χ3n) is 5.71. The molecule has 0 bridgehead atoms. The van der Waals surface area contributed by atoms with Gasteiger partial charge in [-0.05, 0) is 43.0 Å². The summed E-state index contributed by atoms with van der Waals surface area (Å²) >= 11 is 1.52. The van der Waals surface area contributed by atoms with Gasteiger partial charge in [-0.15, -0.1) is 10.2 Å². The van der Waals surface area contributed by atoms with Crippen molar-refractivity contribution in [3.05, 3.63) is 59.9 Å². The highest BCUT2D eigenvalue weighted by Gasteiger charge is 2.16. The van der Waals surface area contributed by atoms with Crippen LogP contribution in [0.5, 0.6) is 0 Å². The molecule has 0 spiro atoms. The summed E-state index contributed by atoms with van der Waals surface area (Å²) in [5, 5.41) is 10.4. The highest BCUT2D eigenvalue weighted by Crippen LogP contribution is 2.28. The number of nitrogens with zero attached hydrogens (tertiary/aromatic N) is 5. The summed E-state index contributed by atoms with van der Waals surface area (Å²) in [6, 6.07) is 14.6. The molecule has 2 heterocycles. The van der Waals surface area contributed by atoms with Crippen molar-refractivity contribution in [3.63, 3.8) is 0 Å². The molecule has 0 saturated carbocycles. The number of hydrogen-bond acceptors (Lipinski definition) is 5. The molecule has 0 atom stereocenters. The van der Waals surface area contributed by atoms with Gasteiger partial charge in [0, 0.05) is 37.2 Å². The molecule has 0 radical (unpaired) electrons. The van der Waals surface area contributed by atoms with Crippen LogP contribution in [0.1, 0.15) is 45.1 Å². The fraction of sp³-hybridized carbons (Fsp3) is 0.385. The predicted octanol–water partition coefficient (Wildman–Crippen LogP) is 5.69. The Labute approximate surface area is 203 Å². The second kappa shape index (κ2) is 11.4. The maximum atomic E-state index is 13.4. The monoisotopic (exact) mass is 479 g/mol. The van der Waals surface area contributed by atoms with Crippen molar-refractivity contribution in [2.24, 2.45) is 0 Å². The molecule has 4 aromatic rings. The third-order valence-corrected chi connectivity index (χ3v) is 6.64. The van der Waals surface area contributed by atoms with Gasteiger partial charge in [0.15, 0.2) is 5.65 Å². The second-order valence-electron chi connectivity index (χ2n) is 8.33. The summed E-state index contributed by atoms with van der Waals surface area (Å²) in [4.78, 5) is 19.3. The molecule has 2 aromatic carbocycles. The van der Waals surface area contributed by atoms with E-state index in [2.05, 4.69) is 28.6 Å². The zero-order valence-corrected chi connectivity index (χ0v) is 20.5. The van der Waals surface area contributed by atoms with Gasteiger partial charge < -0.3 is 9.47 Å². The lowest BCUT2D eigenvalue weighted by atomic mass is 10.2. The quantitative estimate of drug-likeness (QED) is 0.204. The Bertz CT molecular complexity index is 1250. The Morgan fingerprint density at radius 2 is 1.76 bits per heavy atom. The number of thioether (sulfide) groups is 1. The van der Waals surface area contributed by atoms with Gasteiger partial charge >= 0.3 is 0 Å². The van der Waals surface area contributed by atoms with E-state index >= 15 is 0 Å². The summed E-state index contributed by atoms with van der Waals surface area (Å²) in [7, 11) is 0. The van der Waals surface area contributed by atoms with Crippen molar-refractivity contribution in [1.29, 1.82) is 0 Å². The Morgan fingerprint density at radius 1 is 1.03 bits per heavy atom. The molecule has 0 aliphatic heterocycles. The Balaban J connectivity index is 1.50. The van der Waals surface area contributed by atoms with Gasteiger partial charge in [0.1, 0.15) is 11.3 Å². The summed E-state index contributed by atoms with van der Waals surface area (Å²) in [6.07, 6.45) is 3.26. The molecule has 4 rings (SSSR count). The van der Waals surface area contributed by atoms with Crippen molar-refractivity contribution < 1.29 is 9.18 Å². The first-order valence-electron chi connectivity index (χ1n) is 11.9. The molecular formula is C26H30FN5OS. The van der Waals surface area contributed by atoms with Crippen LogP contribution in [0.2, 0.25) is 0 Å². The van der Waals surface area contributed by atoms with Crippen molar-refractivity contribution in [2.45, 2.75) is 51.2 Å². The first-order chi connectivity index (χ1) is 16.6. The molecule has 1 amide bonds. The van der Waals surface area contributed by atoms with Crippen LogP contribution >= 0.6 is 11.8 Å². The van der Waals surface area contributed by atoms with E-state index in [4.69, 9.17) is 4.98 Å². The van der Waals surface area contributed by atoms with E-state index in [0.717, 1.165) is 65.7 Å². The third kappa shape index (κ3) is 5.55. The van der Waals surface area contributed by atoms with Crippen molar-refractivity contribution in [3.8, 4) is 0 Å². The van der Waals surface area contributed by atoms with Crippen LogP contribution in [0.3, 0.4) is 0 Å². The lowest BCUT2D eigenvalue weighted by Crippen LogP contribution is -2.32. The topological polar surface area (TPSA) is 63.9 Å². The zero-order chi connectivity index (χ0) is 23.9. The molecule has 0 aliphatic rings. The van der Waals surface area contributed by atoms with Crippen LogP contribution in [0.15, 0.2) is 53.7 Å². The molecule has 0 aliphatic carbocycles. The first-order valence-corrected chi connectivity index (χ1v) is 12.9. The van der Waals surface area contributed by atoms with E-state index in [-0.39, 0.29) is 11.7 Å². The first kappa shape index (κ1) is 24.1. The fourth-order valence-electron chi connectivity index (χ4n) is 4.13. The standard InChI is InChI=1S/C26H30FN5OS/c1-3-15-31(16-4-2)23(33)10-7-17-34-26-28-25-24(29-30-26)21-8-5-6-9-22(21)32(25)18-19-11-13-20(27)14-12-19/h5-6,8-9,11-14H,3-4,7,10,15-18H2,1-2H3. The summed E-state index contributed by atoms with van der Waals surface area (Å²) < 4.78 is 15.5.